The number of hydrogen-bond donors (Lipinski definition) is 6. The fraction of sp³-hybridized carbons (Fsp3) is 0.750. The Morgan fingerprint density at radius 1 is 0.944 bits per heavy atom. The number of aliphatic carboxylic acids is 2. The first-order valence-electron chi connectivity index (χ1n) is 4.58. The fourth-order valence-electron chi connectivity index (χ4n) is 0.483. The predicted octanol–water partition coefficient (Wildman–Crippen LogP) is 0.105. The van der Waals surface area contributed by atoms with Crippen molar-refractivity contribution < 1.29 is 30.0 Å². The SMILES string of the molecule is O=C(O)CS.O=C(O)CS.OC1CSC(O)CS1. The van der Waals surface area contributed by atoms with Crippen LogP contribution in [0.5, 0.6) is 0 Å². The van der Waals surface area contributed by atoms with E-state index < -0.39 is 11.9 Å². The largest absolute Gasteiger partial charge is 0.481 e. The van der Waals surface area contributed by atoms with Crippen LogP contribution in [0.2, 0.25) is 0 Å². The van der Waals surface area contributed by atoms with Crippen molar-refractivity contribution in [2.24, 2.45) is 0 Å². The number of thioether (sulfide) groups is 2. The first-order chi connectivity index (χ1) is 8.33. The number of rotatable bonds is 2. The number of hydrogen-bond acceptors (Lipinski definition) is 8. The molecule has 1 heterocycles. The van der Waals surface area contributed by atoms with Gasteiger partial charge in [0.15, 0.2) is 0 Å². The maximum atomic E-state index is 9.29. The second-order valence-corrected chi connectivity index (χ2v) is 5.73. The Labute approximate surface area is 124 Å². The zero-order chi connectivity index (χ0) is 14.6. The molecule has 2 unspecified atom stereocenters. The Bertz CT molecular complexity index is 208. The summed E-state index contributed by atoms with van der Waals surface area (Å²) in [6.45, 7) is 0. The van der Waals surface area contributed by atoms with Gasteiger partial charge < -0.3 is 20.4 Å². The third-order valence-electron chi connectivity index (χ3n) is 1.13. The summed E-state index contributed by atoms with van der Waals surface area (Å²) >= 11 is 9.65. The normalized spacial score (nSPS) is 21.8. The van der Waals surface area contributed by atoms with Crippen molar-refractivity contribution >= 4 is 60.7 Å². The summed E-state index contributed by atoms with van der Waals surface area (Å²) in [5.41, 5.74) is -0.521. The molecule has 1 aliphatic heterocycles. The Hall–Kier alpha value is 0.260. The van der Waals surface area contributed by atoms with Crippen LogP contribution in [-0.4, -0.2) is 66.2 Å². The van der Waals surface area contributed by atoms with Crippen molar-refractivity contribution in [1.82, 2.24) is 0 Å². The number of thiol groups is 2. The summed E-state index contributed by atoms with van der Waals surface area (Å²) in [6.07, 6.45) is 0. The molecule has 4 N–H and O–H groups in total. The van der Waals surface area contributed by atoms with E-state index in [0.717, 1.165) is 0 Å². The summed E-state index contributed by atoms with van der Waals surface area (Å²) in [5.74, 6) is -0.612. The minimum Gasteiger partial charge on any atom is -0.481 e. The highest BCUT2D eigenvalue weighted by Crippen LogP contribution is 2.26. The number of aliphatic hydroxyl groups is 2. The van der Waals surface area contributed by atoms with E-state index in [1.807, 2.05) is 0 Å². The fourth-order valence-corrected chi connectivity index (χ4v) is 2.50. The molecule has 1 fully saturated rings. The molecule has 0 saturated carbocycles. The van der Waals surface area contributed by atoms with Crippen LogP contribution in [0.3, 0.4) is 0 Å². The number of carboxylic acid groups (broad SMARTS) is 2. The van der Waals surface area contributed by atoms with Crippen LogP contribution in [0.15, 0.2) is 0 Å². The van der Waals surface area contributed by atoms with Crippen molar-refractivity contribution in [3.63, 3.8) is 0 Å². The smallest absolute Gasteiger partial charge is 0.313 e. The molecule has 1 rings (SSSR count). The van der Waals surface area contributed by atoms with Crippen LogP contribution in [0.1, 0.15) is 0 Å². The van der Waals surface area contributed by atoms with Gasteiger partial charge >= 0.3 is 11.9 Å². The molecule has 2 atom stereocenters. The van der Waals surface area contributed by atoms with Crippen molar-refractivity contribution in [3.8, 4) is 0 Å². The van der Waals surface area contributed by atoms with Crippen LogP contribution in [0.25, 0.3) is 0 Å². The molecule has 1 saturated heterocycles. The van der Waals surface area contributed by atoms with Crippen molar-refractivity contribution in [1.29, 1.82) is 0 Å². The molecule has 1 aliphatic rings. The van der Waals surface area contributed by atoms with Gasteiger partial charge in [0.25, 0.3) is 0 Å². The number of carboxylic acids is 2. The van der Waals surface area contributed by atoms with Gasteiger partial charge in [-0.3, -0.25) is 9.59 Å². The Balaban J connectivity index is 0. The predicted molar refractivity (Wildman–Crippen MR) is 79.9 cm³/mol. The molecule has 0 aliphatic carbocycles. The topological polar surface area (TPSA) is 115 Å². The summed E-state index contributed by atoms with van der Waals surface area (Å²) < 4.78 is 0. The van der Waals surface area contributed by atoms with E-state index in [-0.39, 0.29) is 22.4 Å². The third kappa shape index (κ3) is 18.6. The van der Waals surface area contributed by atoms with Gasteiger partial charge in [-0.2, -0.15) is 25.3 Å². The van der Waals surface area contributed by atoms with Gasteiger partial charge in [-0.15, -0.1) is 23.5 Å². The van der Waals surface area contributed by atoms with Crippen molar-refractivity contribution in [3.05, 3.63) is 0 Å². The van der Waals surface area contributed by atoms with E-state index in [1.54, 1.807) is 0 Å². The highest BCUT2D eigenvalue weighted by Gasteiger charge is 2.16. The Kier molecular flexibility index (Phi) is 15.6. The average molecular weight is 336 g/mol. The molecule has 0 bridgehead atoms. The quantitative estimate of drug-likeness (QED) is 0.394. The van der Waals surface area contributed by atoms with E-state index >= 15 is 0 Å². The highest BCUT2D eigenvalue weighted by atomic mass is 32.2. The van der Waals surface area contributed by atoms with E-state index in [4.69, 9.17) is 20.4 Å². The van der Waals surface area contributed by atoms with Crippen LogP contribution in [-0.2, 0) is 9.59 Å². The molecule has 0 aromatic heterocycles. The summed E-state index contributed by atoms with van der Waals surface area (Å²) in [6, 6.07) is 0. The maximum absolute atomic E-state index is 9.29. The minimum atomic E-state index is -0.881. The van der Waals surface area contributed by atoms with Crippen LogP contribution < -0.4 is 0 Å². The van der Waals surface area contributed by atoms with Gasteiger partial charge in [0.1, 0.15) is 10.9 Å². The zero-order valence-corrected chi connectivity index (χ0v) is 12.7. The lowest BCUT2D eigenvalue weighted by Crippen LogP contribution is -2.19. The van der Waals surface area contributed by atoms with E-state index in [0.29, 0.717) is 11.5 Å². The molecule has 108 valence electrons. The highest BCUT2D eigenvalue weighted by molar-refractivity contribution is 8.06. The van der Waals surface area contributed by atoms with Gasteiger partial charge in [0.05, 0.1) is 11.5 Å². The molecule has 0 radical (unpaired) electrons. The second kappa shape index (κ2) is 13.7. The van der Waals surface area contributed by atoms with Crippen LogP contribution >= 0.6 is 48.8 Å². The van der Waals surface area contributed by atoms with E-state index in [1.165, 1.54) is 23.5 Å². The lowest BCUT2D eigenvalue weighted by molar-refractivity contribution is -0.134. The van der Waals surface area contributed by atoms with Crippen LogP contribution in [0, 0.1) is 0 Å². The zero-order valence-electron chi connectivity index (χ0n) is 9.30. The van der Waals surface area contributed by atoms with E-state index in [9.17, 15) is 9.59 Å². The Morgan fingerprint density at radius 2 is 1.17 bits per heavy atom. The van der Waals surface area contributed by atoms with Gasteiger partial charge in [-0.05, 0) is 0 Å². The maximum Gasteiger partial charge on any atom is 0.313 e. The molecule has 0 aromatic carbocycles. The molecule has 6 nitrogen and oxygen atoms in total. The summed E-state index contributed by atoms with van der Waals surface area (Å²) in [5, 5.41) is 33.0. The van der Waals surface area contributed by atoms with Gasteiger partial charge in [-0.25, -0.2) is 0 Å². The lowest BCUT2D eigenvalue weighted by atomic mass is 10.8. The standard InChI is InChI=1S/C4H8O2S2.2C2H4O2S/c5-3-1-7-4(6)2-8-3;2*3-2(4)1-5/h3-6H,1-2H2;2*5H,1H2,(H,3,4). The molecule has 0 spiro atoms. The monoisotopic (exact) mass is 336 g/mol. The van der Waals surface area contributed by atoms with Crippen molar-refractivity contribution in [2.45, 2.75) is 10.9 Å². The van der Waals surface area contributed by atoms with Crippen molar-refractivity contribution in [2.75, 3.05) is 23.0 Å². The van der Waals surface area contributed by atoms with Gasteiger partial charge in [0.2, 0.25) is 0 Å². The minimum absolute atomic E-state index is 0.0833. The molecular weight excluding hydrogens is 320 g/mol. The first-order valence-corrected chi connectivity index (χ1v) is 7.94. The average Bonchev–Trinajstić information content (AvgIpc) is 2.34. The lowest BCUT2D eigenvalue weighted by Gasteiger charge is -2.19. The van der Waals surface area contributed by atoms with E-state index in [2.05, 4.69) is 25.3 Å². The molecule has 18 heavy (non-hydrogen) atoms. The second-order valence-electron chi connectivity index (χ2n) is 2.68. The summed E-state index contributed by atoms with van der Waals surface area (Å²) in [4.78, 5) is 18.6. The van der Waals surface area contributed by atoms with Gasteiger partial charge in [-0.1, -0.05) is 0 Å². The molecule has 10 heteroatoms. The number of aliphatic hydroxyl groups excluding tert-OH is 2. The van der Waals surface area contributed by atoms with Crippen LogP contribution in [0.4, 0.5) is 0 Å². The first kappa shape index (κ1) is 20.6. The van der Waals surface area contributed by atoms with Gasteiger partial charge in [0, 0.05) is 11.5 Å². The summed E-state index contributed by atoms with van der Waals surface area (Å²) in [7, 11) is 0. The molecule has 0 amide bonds. The number of carbonyl (C=O) groups is 2. The Morgan fingerprint density at radius 3 is 1.28 bits per heavy atom. The molecular formula is C8H16O6S4. The molecule has 0 aromatic rings. The third-order valence-corrected chi connectivity index (χ3v) is 4.22.